The zero-order valence-electron chi connectivity index (χ0n) is 9.54. The minimum Gasteiger partial charge on any atom is -0.328 e. The first-order chi connectivity index (χ1) is 6.74. The zero-order valence-corrected chi connectivity index (χ0v) is 10.4. The van der Waals surface area contributed by atoms with E-state index in [1.54, 1.807) is 0 Å². The summed E-state index contributed by atoms with van der Waals surface area (Å²) in [6, 6.07) is 1.27. The Morgan fingerprint density at radius 3 is 2.50 bits per heavy atom. The Hall–Kier alpha value is 0.270. The fraction of sp³-hybridized carbons (Fsp3) is 1.00. The number of nitrogens with two attached hydrogens (primary N) is 1. The minimum absolute atomic E-state index is 0.477. The van der Waals surface area contributed by atoms with Crippen LogP contribution in [0.25, 0.3) is 0 Å². The lowest BCUT2D eigenvalue weighted by Gasteiger charge is -2.33. The third-order valence-electron chi connectivity index (χ3n) is 3.16. The van der Waals surface area contributed by atoms with Crippen molar-refractivity contribution in [2.75, 3.05) is 25.1 Å². The van der Waals surface area contributed by atoms with Crippen LogP contribution in [0.5, 0.6) is 0 Å². The Morgan fingerprint density at radius 1 is 1.29 bits per heavy atom. The van der Waals surface area contributed by atoms with Crippen LogP contribution >= 0.6 is 11.8 Å². The van der Waals surface area contributed by atoms with Crippen LogP contribution in [0.2, 0.25) is 0 Å². The van der Waals surface area contributed by atoms with Crippen molar-refractivity contribution >= 4 is 11.8 Å². The summed E-state index contributed by atoms with van der Waals surface area (Å²) in [6.07, 6.45) is 5.04. The highest BCUT2D eigenvalue weighted by Crippen LogP contribution is 2.21. The standard InChI is InChI=1S/C11H24N2S/c1-3-14-9-8-13(2)11-6-4-10(12)5-7-11/h10-11H,3-9,12H2,1-2H3. The van der Waals surface area contributed by atoms with Gasteiger partial charge < -0.3 is 10.6 Å². The molecule has 0 aromatic heterocycles. The van der Waals surface area contributed by atoms with Crippen molar-refractivity contribution in [1.29, 1.82) is 0 Å². The molecule has 0 bridgehead atoms. The fourth-order valence-corrected chi connectivity index (χ4v) is 2.78. The number of nitrogens with zero attached hydrogens (tertiary/aromatic N) is 1. The maximum Gasteiger partial charge on any atom is 0.00937 e. The van der Waals surface area contributed by atoms with Gasteiger partial charge in [0.15, 0.2) is 0 Å². The summed E-state index contributed by atoms with van der Waals surface area (Å²) in [5, 5.41) is 0. The first-order valence-corrected chi connectivity index (χ1v) is 6.93. The lowest BCUT2D eigenvalue weighted by atomic mass is 9.91. The second kappa shape index (κ2) is 6.70. The van der Waals surface area contributed by atoms with E-state index < -0.39 is 0 Å². The van der Waals surface area contributed by atoms with Crippen molar-refractivity contribution in [3.05, 3.63) is 0 Å². The van der Waals surface area contributed by atoms with E-state index >= 15 is 0 Å². The quantitative estimate of drug-likeness (QED) is 0.712. The summed E-state index contributed by atoms with van der Waals surface area (Å²) >= 11 is 2.03. The molecule has 1 saturated carbocycles. The highest BCUT2D eigenvalue weighted by molar-refractivity contribution is 7.99. The summed E-state index contributed by atoms with van der Waals surface area (Å²) in [7, 11) is 2.26. The van der Waals surface area contributed by atoms with E-state index in [-0.39, 0.29) is 0 Å². The van der Waals surface area contributed by atoms with Gasteiger partial charge in [-0.15, -0.1) is 0 Å². The van der Waals surface area contributed by atoms with E-state index in [1.807, 2.05) is 11.8 Å². The number of hydrogen-bond acceptors (Lipinski definition) is 3. The van der Waals surface area contributed by atoms with Gasteiger partial charge in [-0.1, -0.05) is 6.92 Å². The summed E-state index contributed by atoms with van der Waals surface area (Å²) in [5.74, 6) is 2.51. The van der Waals surface area contributed by atoms with Crippen LogP contribution in [-0.4, -0.2) is 42.1 Å². The molecule has 0 aromatic carbocycles. The molecular weight excluding hydrogens is 192 g/mol. The van der Waals surface area contributed by atoms with Crippen LogP contribution in [0, 0.1) is 0 Å². The minimum atomic E-state index is 0.477. The predicted octanol–water partition coefficient (Wildman–Crippen LogP) is 1.94. The van der Waals surface area contributed by atoms with Crippen LogP contribution < -0.4 is 5.73 Å². The first kappa shape index (κ1) is 12.3. The van der Waals surface area contributed by atoms with Crippen molar-refractivity contribution < 1.29 is 0 Å². The van der Waals surface area contributed by atoms with Crippen LogP contribution in [0.3, 0.4) is 0 Å². The van der Waals surface area contributed by atoms with Gasteiger partial charge in [-0.25, -0.2) is 0 Å². The van der Waals surface area contributed by atoms with Crippen LogP contribution in [0.1, 0.15) is 32.6 Å². The van der Waals surface area contributed by atoms with E-state index in [4.69, 9.17) is 5.73 Å². The summed E-state index contributed by atoms with van der Waals surface area (Å²) in [5.41, 5.74) is 5.90. The Morgan fingerprint density at radius 2 is 1.93 bits per heavy atom. The largest absolute Gasteiger partial charge is 0.328 e. The third kappa shape index (κ3) is 4.20. The molecule has 0 unspecified atom stereocenters. The van der Waals surface area contributed by atoms with Gasteiger partial charge in [0, 0.05) is 24.4 Å². The van der Waals surface area contributed by atoms with Gasteiger partial charge >= 0.3 is 0 Å². The van der Waals surface area contributed by atoms with Gasteiger partial charge in [0.1, 0.15) is 0 Å². The molecule has 1 aliphatic carbocycles. The van der Waals surface area contributed by atoms with Crippen LogP contribution in [-0.2, 0) is 0 Å². The van der Waals surface area contributed by atoms with Crippen molar-refractivity contribution in [1.82, 2.24) is 4.90 Å². The Kier molecular flexibility index (Phi) is 5.90. The maximum absolute atomic E-state index is 5.90. The Balaban J connectivity index is 2.13. The van der Waals surface area contributed by atoms with Gasteiger partial charge in [-0.3, -0.25) is 0 Å². The molecule has 0 heterocycles. The van der Waals surface area contributed by atoms with Crippen molar-refractivity contribution in [3.8, 4) is 0 Å². The van der Waals surface area contributed by atoms with Crippen molar-refractivity contribution in [2.45, 2.75) is 44.7 Å². The van der Waals surface area contributed by atoms with Crippen LogP contribution in [0.4, 0.5) is 0 Å². The van der Waals surface area contributed by atoms with Crippen molar-refractivity contribution in [3.63, 3.8) is 0 Å². The van der Waals surface area contributed by atoms with E-state index in [0.29, 0.717) is 6.04 Å². The third-order valence-corrected chi connectivity index (χ3v) is 4.04. The zero-order chi connectivity index (χ0) is 10.4. The lowest BCUT2D eigenvalue weighted by Crippen LogP contribution is -2.39. The molecule has 2 nitrogen and oxygen atoms in total. The number of thioether (sulfide) groups is 1. The van der Waals surface area contributed by atoms with Gasteiger partial charge in [-0.2, -0.15) is 11.8 Å². The molecule has 14 heavy (non-hydrogen) atoms. The normalized spacial score (nSPS) is 28.3. The molecular formula is C11H24N2S. The lowest BCUT2D eigenvalue weighted by molar-refractivity contribution is 0.192. The molecule has 0 radical (unpaired) electrons. The molecule has 0 amide bonds. The van der Waals surface area contributed by atoms with Gasteiger partial charge in [-0.05, 0) is 38.5 Å². The summed E-state index contributed by atoms with van der Waals surface area (Å²) < 4.78 is 0. The smallest absolute Gasteiger partial charge is 0.00937 e. The van der Waals surface area contributed by atoms with Gasteiger partial charge in [0.25, 0.3) is 0 Å². The molecule has 84 valence electrons. The number of hydrogen-bond donors (Lipinski definition) is 1. The monoisotopic (exact) mass is 216 g/mol. The van der Waals surface area contributed by atoms with Gasteiger partial charge in [0.05, 0.1) is 0 Å². The van der Waals surface area contributed by atoms with E-state index in [2.05, 4.69) is 18.9 Å². The highest BCUT2D eigenvalue weighted by Gasteiger charge is 2.21. The average Bonchev–Trinajstić information content (AvgIpc) is 2.19. The maximum atomic E-state index is 5.90. The Labute approximate surface area is 92.6 Å². The fourth-order valence-electron chi connectivity index (χ4n) is 2.08. The van der Waals surface area contributed by atoms with Crippen molar-refractivity contribution in [2.24, 2.45) is 5.73 Å². The SMILES string of the molecule is CCSCCN(C)C1CCC(N)CC1. The molecule has 1 rings (SSSR count). The second-order valence-electron chi connectivity index (χ2n) is 4.25. The summed E-state index contributed by atoms with van der Waals surface area (Å²) in [6.45, 7) is 3.46. The molecule has 2 N–H and O–H groups in total. The molecule has 1 aliphatic rings. The van der Waals surface area contributed by atoms with Gasteiger partial charge in [0.2, 0.25) is 0 Å². The van der Waals surface area contributed by atoms with E-state index in [1.165, 1.54) is 43.7 Å². The predicted molar refractivity (Wildman–Crippen MR) is 65.9 cm³/mol. The average molecular weight is 216 g/mol. The molecule has 0 saturated heterocycles. The number of rotatable bonds is 5. The van der Waals surface area contributed by atoms with Crippen LogP contribution in [0.15, 0.2) is 0 Å². The van der Waals surface area contributed by atoms with E-state index in [9.17, 15) is 0 Å². The molecule has 3 heteroatoms. The molecule has 0 aromatic rings. The summed E-state index contributed by atoms with van der Waals surface area (Å²) in [4.78, 5) is 2.52. The molecule has 0 spiro atoms. The Bertz CT molecular complexity index is 144. The highest BCUT2D eigenvalue weighted by atomic mass is 32.2. The molecule has 0 aliphatic heterocycles. The second-order valence-corrected chi connectivity index (χ2v) is 5.64. The molecule has 1 fully saturated rings. The molecule has 0 atom stereocenters. The van der Waals surface area contributed by atoms with E-state index in [0.717, 1.165) is 6.04 Å². The topological polar surface area (TPSA) is 29.3 Å². The first-order valence-electron chi connectivity index (χ1n) is 5.77.